The molecule has 2 aromatic rings. The van der Waals surface area contributed by atoms with Gasteiger partial charge in [-0.25, -0.2) is 13.4 Å². The highest BCUT2D eigenvalue weighted by molar-refractivity contribution is 7.91. The number of methoxy groups -OCH3 is 1. The molecule has 2 N–H and O–H groups in total. The molecular formula is C25H34F3N3O5S. The van der Waals surface area contributed by atoms with E-state index in [4.69, 9.17) is 4.74 Å². The number of aliphatic hydroxyl groups is 1. The Kier molecular flexibility index (Phi) is 8.05. The number of nitrogens with one attached hydrogen (secondary N) is 1. The molecule has 0 saturated heterocycles. The molecule has 1 saturated carbocycles. The molecule has 1 heterocycles. The maximum absolute atomic E-state index is 13.3. The number of aryl methyl sites for hydroxylation is 1. The van der Waals surface area contributed by atoms with Crippen molar-refractivity contribution in [1.29, 1.82) is 0 Å². The fourth-order valence-electron chi connectivity index (χ4n) is 4.54. The van der Waals surface area contributed by atoms with E-state index in [2.05, 4.69) is 10.3 Å². The molecule has 8 nitrogen and oxygen atoms in total. The Labute approximate surface area is 215 Å². The van der Waals surface area contributed by atoms with Gasteiger partial charge in [0.15, 0.2) is 0 Å². The number of amides is 1. The topological polar surface area (TPSA) is 111 Å². The molecule has 1 aliphatic rings. The predicted octanol–water partition coefficient (Wildman–Crippen LogP) is 3.77. The first-order valence-electron chi connectivity index (χ1n) is 12.0. The van der Waals surface area contributed by atoms with Crippen molar-refractivity contribution in [3.63, 3.8) is 0 Å². The number of imidazole rings is 1. The number of ether oxygens (including phenoxy) is 1. The number of benzene rings is 1. The summed E-state index contributed by atoms with van der Waals surface area (Å²) < 4.78 is 70.5. The van der Waals surface area contributed by atoms with Gasteiger partial charge in [0.05, 0.1) is 29.1 Å². The summed E-state index contributed by atoms with van der Waals surface area (Å²) in [5.74, 6) is 0.280. The number of rotatable bonds is 8. The van der Waals surface area contributed by atoms with Gasteiger partial charge >= 0.3 is 6.18 Å². The summed E-state index contributed by atoms with van der Waals surface area (Å²) >= 11 is 0. The van der Waals surface area contributed by atoms with E-state index in [0.717, 1.165) is 13.8 Å². The van der Waals surface area contributed by atoms with Crippen molar-refractivity contribution in [2.75, 3.05) is 19.9 Å². The van der Waals surface area contributed by atoms with Gasteiger partial charge in [-0.15, -0.1) is 0 Å². The summed E-state index contributed by atoms with van der Waals surface area (Å²) in [4.78, 5) is 17.1. The van der Waals surface area contributed by atoms with E-state index < -0.39 is 38.2 Å². The third-order valence-electron chi connectivity index (χ3n) is 7.08. The monoisotopic (exact) mass is 545 g/mol. The van der Waals surface area contributed by atoms with E-state index in [0.29, 0.717) is 35.7 Å². The van der Waals surface area contributed by atoms with Crippen LogP contribution in [0.3, 0.4) is 0 Å². The van der Waals surface area contributed by atoms with Gasteiger partial charge in [0.1, 0.15) is 27.1 Å². The smallest absolute Gasteiger partial charge is 0.394 e. The van der Waals surface area contributed by atoms with E-state index in [1.165, 1.54) is 19.6 Å². The Morgan fingerprint density at radius 3 is 2.43 bits per heavy atom. The van der Waals surface area contributed by atoms with Gasteiger partial charge < -0.3 is 15.2 Å². The van der Waals surface area contributed by atoms with Crippen LogP contribution >= 0.6 is 0 Å². The maximum Gasteiger partial charge on any atom is 0.394 e. The number of carbonyl (C=O) groups excluding carboxylic acids is 1. The highest BCUT2D eigenvalue weighted by Gasteiger charge is 2.47. The molecule has 1 aliphatic carbocycles. The minimum absolute atomic E-state index is 0.0404. The minimum atomic E-state index is -4.36. The third-order valence-corrected chi connectivity index (χ3v) is 8.76. The average Bonchev–Trinajstić information content (AvgIpc) is 3.17. The molecule has 0 radical (unpaired) electrons. The highest BCUT2D eigenvalue weighted by atomic mass is 32.2. The Bertz CT molecular complexity index is 1250. The van der Waals surface area contributed by atoms with Crippen LogP contribution in [0.5, 0.6) is 5.75 Å². The van der Waals surface area contributed by atoms with E-state index >= 15 is 0 Å². The van der Waals surface area contributed by atoms with Gasteiger partial charge in [-0.3, -0.25) is 9.36 Å². The second-order valence-electron chi connectivity index (χ2n) is 10.5. The molecule has 0 aliphatic heterocycles. The number of nitrogens with zero attached hydrogens (tertiary/aromatic N) is 2. The Balaban J connectivity index is 1.73. The normalized spacial score (nSPS) is 21.1. The number of sulfone groups is 1. The second kappa shape index (κ2) is 10.3. The number of halogens is 3. The SMILES string of the molecule is COc1cc(CC(C)(C)C(F)(F)F)ccc1-n1cc(C(=O)NC[C@]2(O)CC[C@@H](S(C)(=O)=O)CC2)nc1C. The van der Waals surface area contributed by atoms with Crippen molar-refractivity contribution >= 4 is 15.7 Å². The van der Waals surface area contributed by atoms with Crippen LogP contribution in [0.1, 0.15) is 61.4 Å². The van der Waals surface area contributed by atoms with Crippen LogP contribution < -0.4 is 10.1 Å². The van der Waals surface area contributed by atoms with Crippen molar-refractivity contribution < 1.29 is 36.2 Å². The molecule has 0 unspecified atom stereocenters. The lowest BCUT2D eigenvalue weighted by atomic mass is 9.84. The molecule has 12 heteroatoms. The molecular weight excluding hydrogens is 511 g/mol. The summed E-state index contributed by atoms with van der Waals surface area (Å²) in [6.07, 6.45) is -0.731. The first-order chi connectivity index (χ1) is 17.0. The van der Waals surface area contributed by atoms with Crippen molar-refractivity contribution in [2.45, 2.75) is 69.9 Å². The Morgan fingerprint density at radius 1 is 1.27 bits per heavy atom. The molecule has 1 aromatic heterocycles. The van der Waals surface area contributed by atoms with Gasteiger partial charge in [0.2, 0.25) is 0 Å². The molecule has 1 fully saturated rings. The fraction of sp³-hybridized carbons (Fsp3) is 0.600. The van der Waals surface area contributed by atoms with Crippen molar-refractivity contribution in [2.24, 2.45) is 5.41 Å². The second-order valence-corrected chi connectivity index (χ2v) is 12.9. The molecule has 0 atom stereocenters. The van der Waals surface area contributed by atoms with Crippen LogP contribution in [0.25, 0.3) is 5.69 Å². The molecule has 206 valence electrons. The molecule has 37 heavy (non-hydrogen) atoms. The Hall–Kier alpha value is -2.60. The van der Waals surface area contributed by atoms with E-state index in [9.17, 15) is 31.5 Å². The largest absolute Gasteiger partial charge is 0.495 e. The molecule has 0 spiro atoms. The van der Waals surface area contributed by atoms with Crippen LogP contribution in [0, 0.1) is 12.3 Å². The lowest BCUT2D eigenvalue weighted by Gasteiger charge is -2.35. The predicted molar refractivity (Wildman–Crippen MR) is 133 cm³/mol. The van der Waals surface area contributed by atoms with E-state index in [1.807, 2.05) is 0 Å². The zero-order valence-electron chi connectivity index (χ0n) is 21.6. The molecule has 1 aromatic carbocycles. The number of aromatic nitrogens is 2. The number of hydrogen-bond donors (Lipinski definition) is 2. The zero-order valence-corrected chi connectivity index (χ0v) is 22.5. The van der Waals surface area contributed by atoms with Crippen LogP contribution in [0.2, 0.25) is 0 Å². The van der Waals surface area contributed by atoms with Crippen molar-refractivity contribution in [1.82, 2.24) is 14.9 Å². The standard InChI is InChI=1S/C25H34F3N3O5S/c1-16-30-19(22(32)29-15-24(33)10-8-18(9-11-24)37(5,34)35)14-31(16)20-7-6-17(12-21(20)36-4)13-23(2,3)25(26,27)28/h6-7,12,14,18,33H,8-11,13,15H2,1-5H3,(H,29,32)/t18-,24+. The van der Waals surface area contributed by atoms with Gasteiger partial charge in [-0.05, 0) is 56.7 Å². The minimum Gasteiger partial charge on any atom is -0.495 e. The van der Waals surface area contributed by atoms with Gasteiger partial charge in [0.25, 0.3) is 5.91 Å². The lowest BCUT2D eigenvalue weighted by Crippen LogP contribution is -2.47. The van der Waals surface area contributed by atoms with Crippen LogP contribution in [0.15, 0.2) is 24.4 Å². The Morgan fingerprint density at radius 2 is 1.89 bits per heavy atom. The quantitative estimate of drug-likeness (QED) is 0.523. The summed E-state index contributed by atoms with van der Waals surface area (Å²) in [6, 6.07) is 4.76. The summed E-state index contributed by atoms with van der Waals surface area (Å²) in [6.45, 7) is 3.93. The summed E-state index contributed by atoms with van der Waals surface area (Å²) in [5.41, 5.74) is -2.05. The molecule has 1 amide bonds. The average molecular weight is 546 g/mol. The van der Waals surface area contributed by atoms with E-state index in [-0.39, 0.29) is 31.5 Å². The van der Waals surface area contributed by atoms with Crippen LogP contribution in [0.4, 0.5) is 13.2 Å². The summed E-state index contributed by atoms with van der Waals surface area (Å²) in [7, 11) is -1.76. The first-order valence-corrected chi connectivity index (χ1v) is 13.9. The fourth-order valence-corrected chi connectivity index (χ4v) is 5.63. The van der Waals surface area contributed by atoms with Crippen LogP contribution in [-0.4, -0.2) is 65.9 Å². The third kappa shape index (κ3) is 6.64. The van der Waals surface area contributed by atoms with Crippen molar-refractivity contribution in [3.05, 3.63) is 41.5 Å². The van der Waals surface area contributed by atoms with Gasteiger partial charge in [-0.1, -0.05) is 19.9 Å². The first kappa shape index (κ1) is 29.0. The van der Waals surface area contributed by atoms with Gasteiger partial charge in [0, 0.05) is 19.0 Å². The van der Waals surface area contributed by atoms with Crippen LogP contribution in [-0.2, 0) is 16.3 Å². The lowest BCUT2D eigenvalue weighted by molar-refractivity contribution is -0.211. The molecule has 3 rings (SSSR count). The van der Waals surface area contributed by atoms with Crippen molar-refractivity contribution in [3.8, 4) is 11.4 Å². The van der Waals surface area contributed by atoms with E-state index in [1.54, 1.807) is 29.7 Å². The zero-order chi connectivity index (χ0) is 27.8. The number of carbonyl (C=O) groups is 1. The number of alkyl halides is 3. The maximum atomic E-state index is 13.3. The number of hydrogen-bond acceptors (Lipinski definition) is 6. The summed E-state index contributed by atoms with van der Waals surface area (Å²) in [5, 5.41) is 13.0. The molecule has 0 bridgehead atoms. The highest BCUT2D eigenvalue weighted by Crippen LogP contribution is 2.41. The van der Waals surface area contributed by atoms with Gasteiger partial charge in [-0.2, -0.15) is 13.2 Å².